The molecule has 2 aromatic rings. The third kappa shape index (κ3) is 5.21. The van der Waals surface area contributed by atoms with Gasteiger partial charge in [0.25, 0.3) is 5.69 Å². The van der Waals surface area contributed by atoms with E-state index in [4.69, 9.17) is 0 Å². The number of hydrogen-bond donors (Lipinski definition) is 1. The Bertz CT molecular complexity index is 654. The zero-order valence-corrected chi connectivity index (χ0v) is 13.1. The summed E-state index contributed by atoms with van der Waals surface area (Å²) in [5, 5.41) is 13.5. The highest BCUT2D eigenvalue weighted by Gasteiger charge is 2.13. The van der Waals surface area contributed by atoms with Crippen LogP contribution in [0.4, 0.5) is 5.69 Å². The zero-order valence-electron chi connectivity index (χ0n) is 13.1. The van der Waals surface area contributed by atoms with Gasteiger partial charge in [-0.15, -0.1) is 0 Å². The van der Waals surface area contributed by atoms with Gasteiger partial charge in [0, 0.05) is 24.6 Å². The quantitative estimate of drug-likeness (QED) is 0.630. The van der Waals surface area contributed by atoms with Crippen molar-refractivity contribution in [3.8, 4) is 0 Å². The van der Waals surface area contributed by atoms with Crippen molar-refractivity contribution in [3.63, 3.8) is 0 Å². The van der Waals surface area contributed by atoms with Gasteiger partial charge in [-0.1, -0.05) is 49.4 Å². The third-order valence-corrected chi connectivity index (χ3v) is 3.69. The molecule has 0 fully saturated rings. The largest absolute Gasteiger partial charge is 0.356 e. The molecule has 2 aromatic carbocycles. The maximum Gasteiger partial charge on any atom is 0.269 e. The van der Waals surface area contributed by atoms with Crippen LogP contribution in [0.1, 0.15) is 18.1 Å². The van der Waals surface area contributed by atoms with E-state index in [9.17, 15) is 14.9 Å². The molecule has 0 radical (unpaired) electrons. The van der Waals surface area contributed by atoms with Crippen LogP contribution in [-0.2, 0) is 17.6 Å². The van der Waals surface area contributed by atoms with Crippen LogP contribution in [-0.4, -0.2) is 17.4 Å². The molecule has 0 saturated carbocycles. The van der Waals surface area contributed by atoms with Crippen molar-refractivity contribution in [1.82, 2.24) is 5.32 Å². The first kappa shape index (κ1) is 16.7. The molecule has 1 amide bonds. The number of nitro benzene ring substituents is 1. The van der Waals surface area contributed by atoms with Crippen molar-refractivity contribution in [1.29, 1.82) is 0 Å². The first-order valence-corrected chi connectivity index (χ1v) is 7.61. The summed E-state index contributed by atoms with van der Waals surface area (Å²) in [6.07, 6.45) is 1.37. The van der Waals surface area contributed by atoms with Crippen LogP contribution in [0, 0.1) is 16.0 Å². The Balaban J connectivity index is 1.76. The summed E-state index contributed by atoms with van der Waals surface area (Å²) in [5.41, 5.74) is 2.19. The molecule has 0 aliphatic heterocycles. The number of carbonyl (C=O) groups excluding carboxylic acids is 1. The van der Waals surface area contributed by atoms with Gasteiger partial charge in [-0.05, 0) is 24.0 Å². The molecule has 1 unspecified atom stereocenters. The summed E-state index contributed by atoms with van der Waals surface area (Å²) >= 11 is 0. The lowest BCUT2D eigenvalue weighted by Gasteiger charge is -2.12. The molecule has 23 heavy (non-hydrogen) atoms. The Kier molecular flexibility index (Phi) is 5.86. The van der Waals surface area contributed by atoms with Crippen molar-refractivity contribution in [2.45, 2.75) is 19.8 Å². The smallest absolute Gasteiger partial charge is 0.269 e. The molecule has 1 atom stereocenters. The summed E-state index contributed by atoms with van der Waals surface area (Å²) in [6, 6.07) is 16.3. The minimum atomic E-state index is -0.420. The average Bonchev–Trinajstić information content (AvgIpc) is 2.56. The fraction of sp³-hybridized carbons (Fsp3) is 0.278. The fourth-order valence-electron chi connectivity index (χ4n) is 2.35. The molecule has 0 bridgehead atoms. The third-order valence-electron chi connectivity index (χ3n) is 3.69. The van der Waals surface area contributed by atoms with Crippen molar-refractivity contribution < 1.29 is 9.72 Å². The predicted molar refractivity (Wildman–Crippen MR) is 89.1 cm³/mol. The van der Waals surface area contributed by atoms with E-state index in [2.05, 4.69) is 5.32 Å². The number of amides is 1. The Morgan fingerprint density at radius 1 is 1.09 bits per heavy atom. The Hall–Kier alpha value is -2.69. The van der Waals surface area contributed by atoms with E-state index < -0.39 is 4.92 Å². The van der Waals surface area contributed by atoms with Crippen LogP contribution >= 0.6 is 0 Å². The van der Waals surface area contributed by atoms with E-state index in [1.165, 1.54) is 12.1 Å². The van der Waals surface area contributed by atoms with E-state index >= 15 is 0 Å². The second-order valence-electron chi connectivity index (χ2n) is 5.56. The van der Waals surface area contributed by atoms with Crippen LogP contribution in [0.15, 0.2) is 54.6 Å². The van der Waals surface area contributed by atoms with Gasteiger partial charge in [-0.2, -0.15) is 0 Å². The number of rotatable bonds is 7. The van der Waals surface area contributed by atoms with E-state index in [1.807, 2.05) is 37.3 Å². The number of carbonyl (C=O) groups is 1. The summed E-state index contributed by atoms with van der Waals surface area (Å²) in [5.74, 6) is -0.0648. The van der Waals surface area contributed by atoms with Gasteiger partial charge in [0.05, 0.1) is 4.92 Å². The van der Waals surface area contributed by atoms with Gasteiger partial charge in [0.2, 0.25) is 5.91 Å². The second kappa shape index (κ2) is 8.08. The Morgan fingerprint density at radius 2 is 1.74 bits per heavy atom. The lowest BCUT2D eigenvalue weighted by Crippen LogP contribution is -2.31. The predicted octanol–water partition coefficient (Wildman–Crippen LogP) is 3.13. The molecule has 5 nitrogen and oxygen atoms in total. The minimum absolute atomic E-state index is 0.0239. The minimum Gasteiger partial charge on any atom is -0.356 e. The van der Waals surface area contributed by atoms with Crippen LogP contribution in [0.25, 0.3) is 0 Å². The highest BCUT2D eigenvalue weighted by atomic mass is 16.6. The first-order chi connectivity index (χ1) is 11.1. The van der Waals surface area contributed by atoms with Gasteiger partial charge in [0.15, 0.2) is 0 Å². The molecular formula is C18H20N2O3. The second-order valence-corrected chi connectivity index (χ2v) is 5.56. The van der Waals surface area contributed by atoms with Gasteiger partial charge in [-0.3, -0.25) is 14.9 Å². The summed E-state index contributed by atoms with van der Waals surface area (Å²) < 4.78 is 0. The summed E-state index contributed by atoms with van der Waals surface area (Å²) in [6.45, 7) is 2.43. The molecule has 0 heterocycles. The zero-order chi connectivity index (χ0) is 16.7. The van der Waals surface area contributed by atoms with E-state index in [0.29, 0.717) is 19.4 Å². The maximum absolute atomic E-state index is 12.1. The molecular weight excluding hydrogens is 292 g/mol. The van der Waals surface area contributed by atoms with Gasteiger partial charge in [0.1, 0.15) is 0 Å². The van der Waals surface area contributed by atoms with Gasteiger partial charge in [-0.25, -0.2) is 0 Å². The van der Waals surface area contributed by atoms with Crippen molar-refractivity contribution in [3.05, 3.63) is 75.8 Å². The number of hydrogen-bond acceptors (Lipinski definition) is 3. The molecule has 2 rings (SSSR count). The molecule has 120 valence electrons. The van der Waals surface area contributed by atoms with E-state index in [0.717, 1.165) is 11.1 Å². The normalized spacial score (nSPS) is 11.7. The molecule has 0 aromatic heterocycles. The van der Waals surface area contributed by atoms with E-state index in [1.54, 1.807) is 12.1 Å². The summed E-state index contributed by atoms with van der Waals surface area (Å²) in [7, 11) is 0. The fourth-order valence-corrected chi connectivity index (χ4v) is 2.35. The molecule has 0 aliphatic carbocycles. The lowest BCUT2D eigenvalue weighted by atomic mass is 10.0. The van der Waals surface area contributed by atoms with Crippen molar-refractivity contribution in [2.75, 3.05) is 6.54 Å². The number of benzene rings is 2. The SMILES string of the molecule is CC(Cc1ccccc1)C(=O)NCCc1ccc([N+](=O)[O-])cc1. The molecule has 0 saturated heterocycles. The van der Waals surface area contributed by atoms with E-state index in [-0.39, 0.29) is 17.5 Å². The average molecular weight is 312 g/mol. The number of non-ortho nitro benzene ring substituents is 1. The first-order valence-electron chi connectivity index (χ1n) is 7.61. The van der Waals surface area contributed by atoms with Gasteiger partial charge < -0.3 is 5.32 Å². The lowest BCUT2D eigenvalue weighted by molar-refractivity contribution is -0.384. The highest BCUT2D eigenvalue weighted by molar-refractivity contribution is 5.78. The van der Waals surface area contributed by atoms with Crippen molar-refractivity contribution >= 4 is 11.6 Å². The van der Waals surface area contributed by atoms with Crippen LogP contribution < -0.4 is 5.32 Å². The number of nitrogens with one attached hydrogen (secondary N) is 1. The Morgan fingerprint density at radius 3 is 2.35 bits per heavy atom. The molecule has 0 aliphatic rings. The monoisotopic (exact) mass is 312 g/mol. The number of nitrogens with zero attached hydrogens (tertiary/aromatic N) is 1. The van der Waals surface area contributed by atoms with Crippen LogP contribution in [0.3, 0.4) is 0 Å². The number of nitro groups is 1. The molecule has 1 N–H and O–H groups in total. The molecule has 0 spiro atoms. The molecule has 5 heteroatoms. The Labute approximate surface area is 135 Å². The maximum atomic E-state index is 12.1. The highest BCUT2D eigenvalue weighted by Crippen LogP contribution is 2.12. The van der Waals surface area contributed by atoms with Crippen LogP contribution in [0.5, 0.6) is 0 Å². The van der Waals surface area contributed by atoms with Crippen LogP contribution in [0.2, 0.25) is 0 Å². The topological polar surface area (TPSA) is 72.2 Å². The standard InChI is InChI=1S/C18H20N2O3/c1-14(13-16-5-3-2-4-6-16)18(21)19-12-11-15-7-9-17(10-8-15)20(22)23/h2-10,14H,11-13H2,1H3,(H,19,21). The van der Waals surface area contributed by atoms with Crippen molar-refractivity contribution in [2.24, 2.45) is 5.92 Å². The van der Waals surface area contributed by atoms with Gasteiger partial charge >= 0.3 is 0 Å². The summed E-state index contributed by atoms with van der Waals surface area (Å²) in [4.78, 5) is 22.2.